The van der Waals surface area contributed by atoms with Gasteiger partial charge in [0.25, 0.3) is 0 Å². The van der Waals surface area contributed by atoms with E-state index < -0.39 is 0 Å². The number of anilines is 1. The molecule has 1 aromatic rings. The van der Waals surface area contributed by atoms with Crippen molar-refractivity contribution in [3.8, 4) is 0 Å². The number of aliphatic hydroxyl groups is 1. The highest BCUT2D eigenvalue weighted by Crippen LogP contribution is 2.39. The number of nitrogens with zero attached hydrogens (tertiary/aromatic N) is 2. The monoisotopic (exact) mass is 386 g/mol. The second-order valence-corrected chi connectivity index (χ2v) is 8.55. The lowest BCUT2D eigenvalue weighted by atomic mass is 9.72. The summed E-state index contributed by atoms with van der Waals surface area (Å²) in [5.74, 6) is 1.58. The molecule has 156 valence electrons. The summed E-state index contributed by atoms with van der Waals surface area (Å²) in [6, 6.07) is 10.7. The number of benzene rings is 1. The third-order valence-electron chi connectivity index (χ3n) is 6.44. The molecule has 1 atom stereocenters. The average Bonchev–Trinajstić information content (AvgIpc) is 3.21. The molecular formula is C23H38N4O. The van der Waals surface area contributed by atoms with E-state index in [0.29, 0.717) is 5.92 Å². The fourth-order valence-corrected chi connectivity index (χ4v) is 4.73. The van der Waals surface area contributed by atoms with Crippen molar-refractivity contribution >= 4 is 11.6 Å². The average molecular weight is 387 g/mol. The minimum Gasteiger partial charge on any atom is -0.396 e. The van der Waals surface area contributed by atoms with Crippen LogP contribution in [0, 0.1) is 11.3 Å². The SMILES string of the molecule is CCNC(=NCC1(CCO)CCCCC1)NCC1CCN(c2ccccc2)C1. The Labute approximate surface area is 170 Å². The van der Waals surface area contributed by atoms with E-state index in [2.05, 4.69) is 52.8 Å². The molecule has 5 heteroatoms. The summed E-state index contributed by atoms with van der Waals surface area (Å²) in [5, 5.41) is 16.5. The zero-order chi connectivity index (χ0) is 19.7. The van der Waals surface area contributed by atoms with Gasteiger partial charge < -0.3 is 20.6 Å². The molecule has 1 heterocycles. The molecule has 5 nitrogen and oxygen atoms in total. The predicted octanol–water partition coefficient (Wildman–Crippen LogP) is 3.40. The van der Waals surface area contributed by atoms with Crippen molar-refractivity contribution < 1.29 is 5.11 Å². The Morgan fingerprint density at radius 2 is 1.96 bits per heavy atom. The van der Waals surface area contributed by atoms with Crippen molar-refractivity contribution in [2.45, 2.75) is 51.9 Å². The minimum atomic E-state index is 0.201. The molecular weight excluding hydrogens is 348 g/mol. The van der Waals surface area contributed by atoms with Gasteiger partial charge in [-0.3, -0.25) is 4.99 Å². The Balaban J connectivity index is 1.52. The lowest BCUT2D eigenvalue weighted by Crippen LogP contribution is -2.41. The number of rotatable bonds is 8. The number of hydrogen-bond acceptors (Lipinski definition) is 3. The summed E-state index contributed by atoms with van der Waals surface area (Å²) in [5.41, 5.74) is 1.53. The Morgan fingerprint density at radius 3 is 2.68 bits per heavy atom. The first-order chi connectivity index (χ1) is 13.7. The smallest absolute Gasteiger partial charge is 0.191 e. The van der Waals surface area contributed by atoms with Gasteiger partial charge >= 0.3 is 0 Å². The molecule has 0 spiro atoms. The molecule has 1 aliphatic heterocycles. The first-order valence-corrected chi connectivity index (χ1v) is 11.2. The Hall–Kier alpha value is -1.75. The van der Waals surface area contributed by atoms with E-state index in [9.17, 15) is 5.11 Å². The second kappa shape index (κ2) is 10.7. The van der Waals surface area contributed by atoms with Gasteiger partial charge in [0.15, 0.2) is 5.96 Å². The molecule has 3 rings (SSSR count). The molecule has 1 saturated heterocycles. The number of para-hydroxylation sites is 1. The quantitative estimate of drug-likeness (QED) is 0.473. The Morgan fingerprint density at radius 1 is 1.18 bits per heavy atom. The summed E-state index contributed by atoms with van der Waals surface area (Å²) in [7, 11) is 0. The maximum Gasteiger partial charge on any atom is 0.191 e. The number of aliphatic hydroxyl groups excluding tert-OH is 1. The predicted molar refractivity (Wildman–Crippen MR) is 118 cm³/mol. The fraction of sp³-hybridized carbons (Fsp3) is 0.696. The van der Waals surface area contributed by atoms with E-state index in [4.69, 9.17) is 4.99 Å². The molecule has 1 aromatic carbocycles. The molecule has 0 radical (unpaired) electrons. The Bertz CT molecular complexity index is 592. The van der Waals surface area contributed by atoms with Crippen LogP contribution in [0.4, 0.5) is 5.69 Å². The molecule has 1 aliphatic carbocycles. The van der Waals surface area contributed by atoms with Gasteiger partial charge in [0.2, 0.25) is 0 Å². The first-order valence-electron chi connectivity index (χ1n) is 11.2. The van der Waals surface area contributed by atoms with Crippen molar-refractivity contribution in [2.24, 2.45) is 16.3 Å². The van der Waals surface area contributed by atoms with E-state index >= 15 is 0 Å². The van der Waals surface area contributed by atoms with Crippen molar-refractivity contribution in [1.29, 1.82) is 0 Å². The maximum atomic E-state index is 9.53. The van der Waals surface area contributed by atoms with Crippen LogP contribution in [0.3, 0.4) is 0 Å². The number of nitrogens with one attached hydrogen (secondary N) is 2. The van der Waals surface area contributed by atoms with Gasteiger partial charge in [0.05, 0.1) is 0 Å². The number of guanidine groups is 1. The van der Waals surface area contributed by atoms with Crippen LogP contribution >= 0.6 is 0 Å². The van der Waals surface area contributed by atoms with Crippen molar-refractivity contribution in [2.75, 3.05) is 44.2 Å². The molecule has 1 saturated carbocycles. The molecule has 28 heavy (non-hydrogen) atoms. The van der Waals surface area contributed by atoms with E-state index in [1.165, 1.54) is 44.2 Å². The molecule has 0 bridgehead atoms. The van der Waals surface area contributed by atoms with Crippen molar-refractivity contribution in [1.82, 2.24) is 10.6 Å². The fourth-order valence-electron chi connectivity index (χ4n) is 4.73. The summed E-state index contributed by atoms with van der Waals surface area (Å²) in [4.78, 5) is 7.42. The lowest BCUT2D eigenvalue weighted by Gasteiger charge is -2.35. The summed E-state index contributed by atoms with van der Waals surface area (Å²) in [6.07, 6.45) is 8.37. The maximum absolute atomic E-state index is 9.53. The molecule has 0 amide bonds. The standard InChI is InChI=1S/C23H38N4O/c1-2-24-22(26-19-23(14-16-28)12-7-4-8-13-23)25-17-20-11-15-27(18-20)21-9-5-3-6-10-21/h3,5-6,9-10,20,28H,2,4,7-8,11-19H2,1H3,(H2,24,25,26). The zero-order valence-corrected chi connectivity index (χ0v) is 17.5. The van der Waals surface area contributed by atoms with E-state index in [1.807, 2.05) is 0 Å². The van der Waals surface area contributed by atoms with Gasteiger partial charge in [-0.05, 0) is 56.1 Å². The lowest BCUT2D eigenvalue weighted by molar-refractivity contribution is 0.137. The van der Waals surface area contributed by atoms with Gasteiger partial charge in [0, 0.05) is 45.0 Å². The molecule has 2 aliphatic rings. The van der Waals surface area contributed by atoms with E-state index in [0.717, 1.165) is 45.1 Å². The van der Waals surface area contributed by atoms with Gasteiger partial charge in [0.1, 0.15) is 0 Å². The minimum absolute atomic E-state index is 0.201. The third kappa shape index (κ3) is 5.87. The molecule has 1 unspecified atom stereocenters. The normalized spacial score (nSPS) is 22.3. The molecule has 3 N–H and O–H groups in total. The zero-order valence-electron chi connectivity index (χ0n) is 17.5. The third-order valence-corrected chi connectivity index (χ3v) is 6.44. The Kier molecular flexibility index (Phi) is 8.01. The van der Waals surface area contributed by atoms with E-state index in [1.54, 1.807) is 0 Å². The molecule has 0 aromatic heterocycles. The van der Waals surface area contributed by atoms with Gasteiger partial charge in [-0.2, -0.15) is 0 Å². The largest absolute Gasteiger partial charge is 0.396 e. The highest BCUT2D eigenvalue weighted by atomic mass is 16.3. The topological polar surface area (TPSA) is 59.9 Å². The number of aliphatic imine (C=N–C) groups is 1. The summed E-state index contributed by atoms with van der Waals surface area (Å²) < 4.78 is 0. The number of hydrogen-bond donors (Lipinski definition) is 3. The van der Waals surface area contributed by atoms with Gasteiger partial charge in [-0.15, -0.1) is 0 Å². The van der Waals surface area contributed by atoms with Crippen LogP contribution in [0.25, 0.3) is 0 Å². The molecule has 2 fully saturated rings. The van der Waals surface area contributed by atoms with Gasteiger partial charge in [-0.25, -0.2) is 0 Å². The van der Waals surface area contributed by atoms with Crippen LogP contribution in [0.2, 0.25) is 0 Å². The highest BCUT2D eigenvalue weighted by Gasteiger charge is 2.31. The van der Waals surface area contributed by atoms with Crippen molar-refractivity contribution in [3.05, 3.63) is 30.3 Å². The van der Waals surface area contributed by atoms with E-state index in [-0.39, 0.29) is 12.0 Å². The van der Waals surface area contributed by atoms with Crippen LogP contribution < -0.4 is 15.5 Å². The summed E-state index contributed by atoms with van der Waals surface area (Å²) in [6.45, 7) is 7.28. The van der Waals surface area contributed by atoms with Crippen molar-refractivity contribution in [3.63, 3.8) is 0 Å². The summed E-state index contributed by atoms with van der Waals surface area (Å²) >= 11 is 0. The van der Waals surface area contributed by atoms with Crippen LogP contribution in [0.15, 0.2) is 35.3 Å². The van der Waals surface area contributed by atoms with Crippen LogP contribution in [0.5, 0.6) is 0 Å². The highest BCUT2D eigenvalue weighted by molar-refractivity contribution is 5.79. The van der Waals surface area contributed by atoms with Crippen LogP contribution in [-0.4, -0.2) is 50.4 Å². The van der Waals surface area contributed by atoms with Crippen LogP contribution in [-0.2, 0) is 0 Å². The first kappa shape index (κ1) is 21.0. The second-order valence-electron chi connectivity index (χ2n) is 8.55. The van der Waals surface area contributed by atoms with Gasteiger partial charge in [-0.1, -0.05) is 37.5 Å². The van der Waals surface area contributed by atoms with Crippen LogP contribution in [0.1, 0.15) is 51.9 Å².